The molecule has 1 heterocycles. The molecule has 5 nitrogen and oxygen atoms in total. The molecular formula is C12H23N3O2. The monoisotopic (exact) mass is 241 g/mol. The van der Waals surface area contributed by atoms with E-state index in [-0.39, 0.29) is 17.7 Å². The lowest BCUT2D eigenvalue weighted by Gasteiger charge is -2.31. The zero-order chi connectivity index (χ0) is 12.7. The van der Waals surface area contributed by atoms with Crippen molar-refractivity contribution in [2.75, 3.05) is 26.7 Å². The molecule has 17 heavy (non-hydrogen) atoms. The Hall–Kier alpha value is -1.10. The van der Waals surface area contributed by atoms with Crippen LogP contribution < -0.4 is 11.1 Å². The quantitative estimate of drug-likeness (QED) is 0.670. The van der Waals surface area contributed by atoms with Gasteiger partial charge in [-0.3, -0.25) is 9.59 Å². The van der Waals surface area contributed by atoms with Crippen LogP contribution >= 0.6 is 0 Å². The molecule has 1 fully saturated rings. The molecule has 0 aliphatic carbocycles. The molecule has 1 aliphatic rings. The number of nitrogens with one attached hydrogen (secondary N) is 1. The third kappa shape index (κ3) is 4.34. The zero-order valence-corrected chi connectivity index (χ0v) is 10.6. The van der Waals surface area contributed by atoms with Gasteiger partial charge in [0.25, 0.3) is 0 Å². The minimum atomic E-state index is 0.0769. The fourth-order valence-corrected chi connectivity index (χ4v) is 2.17. The highest BCUT2D eigenvalue weighted by atomic mass is 16.2. The maximum atomic E-state index is 11.8. The Balaban J connectivity index is 2.26. The average Bonchev–Trinajstić information content (AvgIpc) is 2.38. The molecule has 1 rings (SSSR count). The van der Waals surface area contributed by atoms with Crippen molar-refractivity contribution in [3.8, 4) is 0 Å². The highest BCUT2D eigenvalue weighted by molar-refractivity contribution is 5.79. The molecule has 0 aromatic rings. The van der Waals surface area contributed by atoms with Gasteiger partial charge in [0.15, 0.2) is 0 Å². The van der Waals surface area contributed by atoms with Gasteiger partial charge in [-0.1, -0.05) is 0 Å². The predicted molar refractivity (Wildman–Crippen MR) is 66.3 cm³/mol. The van der Waals surface area contributed by atoms with Gasteiger partial charge in [0.1, 0.15) is 0 Å². The SMILES string of the molecule is CNC(=O)C1CCN(C(=O)CCCCN)CC1. The summed E-state index contributed by atoms with van der Waals surface area (Å²) in [4.78, 5) is 25.1. The molecule has 2 amide bonds. The number of rotatable bonds is 5. The van der Waals surface area contributed by atoms with Gasteiger partial charge in [0, 0.05) is 32.5 Å². The predicted octanol–water partition coefficient (Wildman–Crippen LogP) is 0.100. The smallest absolute Gasteiger partial charge is 0.222 e. The van der Waals surface area contributed by atoms with E-state index >= 15 is 0 Å². The number of hydrogen-bond donors (Lipinski definition) is 2. The number of carbonyl (C=O) groups excluding carboxylic acids is 2. The Labute approximate surface area is 103 Å². The maximum Gasteiger partial charge on any atom is 0.222 e. The number of likely N-dealkylation sites (tertiary alicyclic amines) is 1. The summed E-state index contributed by atoms with van der Waals surface area (Å²) in [7, 11) is 1.66. The maximum absolute atomic E-state index is 11.8. The van der Waals surface area contributed by atoms with Gasteiger partial charge in [0.05, 0.1) is 0 Å². The number of nitrogens with zero attached hydrogens (tertiary/aromatic N) is 1. The molecule has 1 saturated heterocycles. The zero-order valence-electron chi connectivity index (χ0n) is 10.6. The molecule has 0 bridgehead atoms. The standard InChI is InChI=1S/C12H23N3O2/c1-14-12(17)10-5-8-15(9-6-10)11(16)4-2-3-7-13/h10H,2-9,13H2,1H3,(H,14,17). The molecule has 0 atom stereocenters. The minimum Gasteiger partial charge on any atom is -0.359 e. The average molecular weight is 241 g/mol. The number of unbranched alkanes of at least 4 members (excludes halogenated alkanes) is 1. The largest absolute Gasteiger partial charge is 0.359 e. The first kappa shape index (κ1) is 14.0. The first-order valence-electron chi connectivity index (χ1n) is 6.38. The molecular weight excluding hydrogens is 218 g/mol. The molecule has 5 heteroatoms. The van der Waals surface area contributed by atoms with E-state index in [1.807, 2.05) is 4.90 Å². The first-order chi connectivity index (χ1) is 8.19. The molecule has 3 N–H and O–H groups in total. The van der Waals surface area contributed by atoms with Gasteiger partial charge in [-0.25, -0.2) is 0 Å². The lowest BCUT2D eigenvalue weighted by molar-refractivity contribution is -0.135. The van der Waals surface area contributed by atoms with Crippen LogP contribution in [0.2, 0.25) is 0 Å². The number of piperidine rings is 1. The van der Waals surface area contributed by atoms with Crippen molar-refractivity contribution in [3.05, 3.63) is 0 Å². The topological polar surface area (TPSA) is 75.4 Å². The van der Waals surface area contributed by atoms with E-state index in [1.165, 1.54) is 0 Å². The lowest BCUT2D eigenvalue weighted by atomic mass is 9.95. The molecule has 0 radical (unpaired) electrons. The summed E-state index contributed by atoms with van der Waals surface area (Å²) in [5, 5.41) is 2.66. The third-order valence-corrected chi connectivity index (χ3v) is 3.31. The fourth-order valence-electron chi connectivity index (χ4n) is 2.17. The van der Waals surface area contributed by atoms with E-state index < -0.39 is 0 Å². The Morgan fingerprint density at radius 1 is 1.29 bits per heavy atom. The summed E-state index contributed by atoms with van der Waals surface area (Å²) in [5.74, 6) is 0.377. The van der Waals surface area contributed by atoms with Crippen molar-refractivity contribution in [1.29, 1.82) is 0 Å². The van der Waals surface area contributed by atoms with Crippen LogP contribution in [0.5, 0.6) is 0 Å². The Kier molecular flexibility index (Phi) is 5.97. The van der Waals surface area contributed by atoms with Crippen LogP contribution in [-0.4, -0.2) is 43.4 Å². The summed E-state index contributed by atoms with van der Waals surface area (Å²) < 4.78 is 0. The number of hydrogen-bond acceptors (Lipinski definition) is 3. The van der Waals surface area contributed by atoms with E-state index in [2.05, 4.69) is 5.32 Å². The van der Waals surface area contributed by atoms with Gasteiger partial charge in [-0.15, -0.1) is 0 Å². The van der Waals surface area contributed by atoms with Crippen molar-refractivity contribution >= 4 is 11.8 Å². The van der Waals surface area contributed by atoms with Gasteiger partial charge in [-0.05, 0) is 32.2 Å². The van der Waals surface area contributed by atoms with Crippen LogP contribution in [0.25, 0.3) is 0 Å². The van der Waals surface area contributed by atoms with Crippen LogP contribution in [0.15, 0.2) is 0 Å². The number of nitrogens with two attached hydrogens (primary N) is 1. The van der Waals surface area contributed by atoms with E-state index in [0.29, 0.717) is 26.1 Å². The third-order valence-electron chi connectivity index (χ3n) is 3.31. The van der Waals surface area contributed by atoms with Crippen molar-refractivity contribution in [2.24, 2.45) is 11.7 Å². The summed E-state index contributed by atoms with van der Waals surface area (Å²) >= 11 is 0. The summed E-state index contributed by atoms with van der Waals surface area (Å²) in [6, 6.07) is 0. The van der Waals surface area contributed by atoms with Crippen LogP contribution in [-0.2, 0) is 9.59 Å². The van der Waals surface area contributed by atoms with E-state index in [4.69, 9.17) is 5.73 Å². The van der Waals surface area contributed by atoms with E-state index in [1.54, 1.807) is 7.05 Å². The highest BCUT2D eigenvalue weighted by Crippen LogP contribution is 2.18. The first-order valence-corrected chi connectivity index (χ1v) is 6.38. The van der Waals surface area contributed by atoms with Crippen molar-refractivity contribution in [3.63, 3.8) is 0 Å². The second kappa shape index (κ2) is 7.27. The molecule has 0 aromatic carbocycles. The van der Waals surface area contributed by atoms with E-state index in [9.17, 15) is 9.59 Å². The fraction of sp³-hybridized carbons (Fsp3) is 0.833. The van der Waals surface area contributed by atoms with Crippen LogP contribution in [0.3, 0.4) is 0 Å². The van der Waals surface area contributed by atoms with Gasteiger partial charge in [-0.2, -0.15) is 0 Å². The van der Waals surface area contributed by atoms with Gasteiger partial charge < -0.3 is 16.0 Å². The number of carbonyl (C=O) groups is 2. The molecule has 0 saturated carbocycles. The van der Waals surface area contributed by atoms with Crippen LogP contribution in [0.1, 0.15) is 32.1 Å². The van der Waals surface area contributed by atoms with E-state index in [0.717, 1.165) is 25.7 Å². The molecule has 0 spiro atoms. The second-order valence-electron chi connectivity index (χ2n) is 4.52. The van der Waals surface area contributed by atoms with Crippen LogP contribution in [0.4, 0.5) is 0 Å². The highest BCUT2D eigenvalue weighted by Gasteiger charge is 2.26. The normalized spacial score (nSPS) is 16.9. The molecule has 1 aliphatic heterocycles. The lowest BCUT2D eigenvalue weighted by Crippen LogP contribution is -2.42. The van der Waals surface area contributed by atoms with Crippen molar-refractivity contribution < 1.29 is 9.59 Å². The molecule has 0 unspecified atom stereocenters. The summed E-state index contributed by atoms with van der Waals surface area (Å²) in [6.45, 7) is 2.06. The van der Waals surface area contributed by atoms with Gasteiger partial charge in [0.2, 0.25) is 11.8 Å². The molecule has 98 valence electrons. The summed E-state index contributed by atoms with van der Waals surface area (Å²) in [6.07, 6.45) is 3.91. The Morgan fingerprint density at radius 2 is 1.94 bits per heavy atom. The van der Waals surface area contributed by atoms with Crippen molar-refractivity contribution in [1.82, 2.24) is 10.2 Å². The Morgan fingerprint density at radius 3 is 2.47 bits per heavy atom. The second-order valence-corrected chi connectivity index (χ2v) is 4.52. The van der Waals surface area contributed by atoms with Crippen molar-refractivity contribution in [2.45, 2.75) is 32.1 Å². The minimum absolute atomic E-state index is 0.0769. The number of amides is 2. The van der Waals surface area contributed by atoms with Gasteiger partial charge >= 0.3 is 0 Å². The molecule has 0 aromatic heterocycles. The summed E-state index contributed by atoms with van der Waals surface area (Å²) in [5.41, 5.74) is 5.39. The van der Waals surface area contributed by atoms with Crippen LogP contribution in [0, 0.1) is 5.92 Å². The Bertz CT molecular complexity index is 260.